The molecule has 0 saturated carbocycles. The number of rotatable bonds is 7. The van der Waals surface area contributed by atoms with Crippen LogP contribution in [0.15, 0.2) is 48.5 Å². The fourth-order valence-corrected chi connectivity index (χ4v) is 3.46. The zero-order valence-corrected chi connectivity index (χ0v) is 15.7. The smallest absolute Gasteiger partial charge is 0.387 e. The summed E-state index contributed by atoms with van der Waals surface area (Å²) in [5.41, 5.74) is 2.03. The number of ether oxygens (including phenoxy) is 2. The van der Waals surface area contributed by atoms with E-state index in [0.29, 0.717) is 18.8 Å². The standard InChI is InChI=1S/C21H21F2N3O3/c22-21(23)29-15-9-7-14(8-10-15)13-26-18-6-2-1-5-17(18)19(25-26)20(27)24-12-16-4-3-11-28-16/h1-2,5-10,16,21H,3-4,11-13H2,(H,24,27). The summed E-state index contributed by atoms with van der Waals surface area (Å²) in [7, 11) is 0. The van der Waals surface area contributed by atoms with Crippen molar-refractivity contribution < 1.29 is 23.0 Å². The number of hydrogen-bond donors (Lipinski definition) is 1. The molecule has 2 heterocycles. The van der Waals surface area contributed by atoms with E-state index in [1.54, 1.807) is 16.8 Å². The lowest BCUT2D eigenvalue weighted by Gasteiger charge is -2.09. The largest absolute Gasteiger partial charge is 0.435 e. The van der Waals surface area contributed by atoms with E-state index in [2.05, 4.69) is 15.2 Å². The van der Waals surface area contributed by atoms with Crippen LogP contribution in [0.2, 0.25) is 0 Å². The first kappa shape index (κ1) is 19.3. The minimum absolute atomic E-state index is 0.0567. The summed E-state index contributed by atoms with van der Waals surface area (Å²) in [4.78, 5) is 12.7. The predicted molar refractivity (Wildman–Crippen MR) is 103 cm³/mol. The molecule has 0 radical (unpaired) electrons. The Balaban J connectivity index is 1.53. The van der Waals surface area contributed by atoms with E-state index in [4.69, 9.17) is 4.74 Å². The molecule has 0 bridgehead atoms. The number of benzene rings is 2. The summed E-state index contributed by atoms with van der Waals surface area (Å²) in [6.07, 6.45) is 2.02. The van der Waals surface area contributed by atoms with Crippen LogP contribution in [0.4, 0.5) is 8.78 Å². The Labute approximate surface area is 166 Å². The highest BCUT2D eigenvalue weighted by atomic mass is 19.3. The van der Waals surface area contributed by atoms with E-state index in [0.717, 1.165) is 35.9 Å². The van der Waals surface area contributed by atoms with Crippen LogP contribution in [0.1, 0.15) is 28.9 Å². The minimum atomic E-state index is -2.85. The summed E-state index contributed by atoms with van der Waals surface area (Å²) < 4.78 is 36.3. The average molecular weight is 401 g/mol. The Bertz CT molecular complexity index is 983. The van der Waals surface area contributed by atoms with Crippen LogP contribution in [-0.2, 0) is 11.3 Å². The van der Waals surface area contributed by atoms with Gasteiger partial charge >= 0.3 is 6.61 Å². The van der Waals surface area contributed by atoms with E-state index in [1.807, 2.05) is 24.3 Å². The van der Waals surface area contributed by atoms with Crippen molar-refractivity contribution in [2.45, 2.75) is 32.1 Å². The number of hydrogen-bond acceptors (Lipinski definition) is 4. The molecule has 1 atom stereocenters. The van der Waals surface area contributed by atoms with Gasteiger partial charge in [0.05, 0.1) is 18.2 Å². The highest BCUT2D eigenvalue weighted by Crippen LogP contribution is 2.21. The lowest BCUT2D eigenvalue weighted by atomic mass is 10.2. The second-order valence-electron chi connectivity index (χ2n) is 6.89. The zero-order valence-electron chi connectivity index (χ0n) is 15.7. The fourth-order valence-electron chi connectivity index (χ4n) is 3.46. The third-order valence-electron chi connectivity index (χ3n) is 4.87. The molecule has 4 rings (SSSR count). The average Bonchev–Trinajstić information content (AvgIpc) is 3.36. The molecule has 1 unspecified atom stereocenters. The van der Waals surface area contributed by atoms with Gasteiger partial charge in [0.25, 0.3) is 5.91 Å². The number of amides is 1. The quantitative estimate of drug-likeness (QED) is 0.657. The summed E-state index contributed by atoms with van der Waals surface area (Å²) in [6.45, 7) is -1.26. The lowest BCUT2D eigenvalue weighted by Crippen LogP contribution is -2.32. The molecule has 1 aliphatic heterocycles. The maximum absolute atomic E-state index is 12.7. The van der Waals surface area contributed by atoms with Crippen LogP contribution in [0, 0.1) is 0 Å². The molecule has 1 aliphatic rings. The molecule has 1 saturated heterocycles. The van der Waals surface area contributed by atoms with Crippen molar-refractivity contribution in [2.75, 3.05) is 13.2 Å². The number of aromatic nitrogens is 2. The highest BCUT2D eigenvalue weighted by Gasteiger charge is 2.20. The van der Waals surface area contributed by atoms with E-state index in [9.17, 15) is 13.6 Å². The van der Waals surface area contributed by atoms with Gasteiger partial charge in [0, 0.05) is 18.5 Å². The van der Waals surface area contributed by atoms with Crippen molar-refractivity contribution >= 4 is 16.8 Å². The van der Waals surface area contributed by atoms with Gasteiger partial charge in [-0.2, -0.15) is 13.9 Å². The first-order chi connectivity index (χ1) is 14.1. The molecule has 1 amide bonds. The lowest BCUT2D eigenvalue weighted by molar-refractivity contribution is -0.0498. The van der Waals surface area contributed by atoms with Crippen LogP contribution in [0.5, 0.6) is 5.75 Å². The number of fused-ring (bicyclic) bond motifs is 1. The molecule has 29 heavy (non-hydrogen) atoms. The van der Waals surface area contributed by atoms with Gasteiger partial charge in [0.15, 0.2) is 5.69 Å². The van der Waals surface area contributed by atoms with Crippen LogP contribution in [-0.4, -0.2) is 41.6 Å². The van der Waals surface area contributed by atoms with Crippen molar-refractivity contribution in [3.8, 4) is 5.75 Å². The molecular weight excluding hydrogens is 380 g/mol. The van der Waals surface area contributed by atoms with Crippen molar-refractivity contribution in [3.63, 3.8) is 0 Å². The number of alkyl halides is 2. The second-order valence-corrected chi connectivity index (χ2v) is 6.89. The van der Waals surface area contributed by atoms with Crippen LogP contribution in [0.3, 0.4) is 0 Å². The number of carbonyl (C=O) groups is 1. The topological polar surface area (TPSA) is 65.4 Å². The monoisotopic (exact) mass is 401 g/mol. The molecule has 1 N–H and O–H groups in total. The Hall–Kier alpha value is -3.00. The summed E-state index contributed by atoms with van der Waals surface area (Å²) in [6, 6.07) is 13.9. The molecule has 6 nitrogen and oxygen atoms in total. The van der Waals surface area contributed by atoms with Gasteiger partial charge in [-0.05, 0) is 36.6 Å². The maximum Gasteiger partial charge on any atom is 0.387 e. The SMILES string of the molecule is O=C(NCC1CCCO1)c1nn(Cc2ccc(OC(F)F)cc2)c2ccccc12. The van der Waals surface area contributed by atoms with Crippen LogP contribution >= 0.6 is 0 Å². The molecule has 2 aromatic carbocycles. The summed E-state index contributed by atoms with van der Waals surface area (Å²) in [5, 5.41) is 8.18. The van der Waals surface area contributed by atoms with Gasteiger partial charge in [0.1, 0.15) is 5.75 Å². The Kier molecular flexibility index (Phi) is 5.71. The van der Waals surface area contributed by atoms with Crippen molar-refractivity contribution in [3.05, 3.63) is 59.8 Å². The first-order valence-electron chi connectivity index (χ1n) is 9.49. The van der Waals surface area contributed by atoms with E-state index in [1.165, 1.54) is 12.1 Å². The van der Waals surface area contributed by atoms with Gasteiger partial charge < -0.3 is 14.8 Å². The van der Waals surface area contributed by atoms with Gasteiger partial charge in [-0.3, -0.25) is 9.48 Å². The Morgan fingerprint density at radius 1 is 1.24 bits per heavy atom. The number of nitrogens with one attached hydrogen (secondary N) is 1. The van der Waals surface area contributed by atoms with E-state index < -0.39 is 6.61 Å². The van der Waals surface area contributed by atoms with Gasteiger partial charge in [-0.15, -0.1) is 0 Å². The van der Waals surface area contributed by atoms with Crippen LogP contribution in [0.25, 0.3) is 10.9 Å². The number of nitrogens with zero attached hydrogens (tertiary/aromatic N) is 2. The third kappa shape index (κ3) is 4.54. The molecular formula is C21H21F2N3O3. The van der Waals surface area contributed by atoms with Gasteiger partial charge in [0.2, 0.25) is 0 Å². The highest BCUT2D eigenvalue weighted by molar-refractivity contribution is 6.04. The molecule has 0 spiro atoms. The fraction of sp³-hybridized carbons (Fsp3) is 0.333. The summed E-state index contributed by atoms with van der Waals surface area (Å²) >= 11 is 0. The van der Waals surface area contributed by atoms with Crippen molar-refractivity contribution in [1.82, 2.24) is 15.1 Å². The minimum Gasteiger partial charge on any atom is -0.435 e. The van der Waals surface area contributed by atoms with Gasteiger partial charge in [-0.25, -0.2) is 0 Å². The molecule has 8 heteroatoms. The maximum atomic E-state index is 12.7. The Morgan fingerprint density at radius 3 is 2.76 bits per heavy atom. The number of carbonyl (C=O) groups excluding carboxylic acids is 1. The Morgan fingerprint density at radius 2 is 2.03 bits per heavy atom. The molecule has 152 valence electrons. The molecule has 1 aromatic heterocycles. The van der Waals surface area contributed by atoms with Gasteiger partial charge in [-0.1, -0.05) is 30.3 Å². The third-order valence-corrected chi connectivity index (χ3v) is 4.87. The zero-order chi connectivity index (χ0) is 20.2. The number of para-hydroxylation sites is 1. The molecule has 0 aliphatic carbocycles. The molecule has 1 fully saturated rings. The van der Waals surface area contributed by atoms with Crippen molar-refractivity contribution in [1.29, 1.82) is 0 Å². The first-order valence-corrected chi connectivity index (χ1v) is 9.49. The van der Waals surface area contributed by atoms with Crippen molar-refractivity contribution in [2.24, 2.45) is 0 Å². The van der Waals surface area contributed by atoms with E-state index in [-0.39, 0.29) is 17.8 Å². The summed E-state index contributed by atoms with van der Waals surface area (Å²) in [5.74, 6) is -0.139. The van der Waals surface area contributed by atoms with E-state index >= 15 is 0 Å². The normalized spacial score (nSPS) is 16.4. The molecule has 3 aromatic rings. The number of halogens is 2. The predicted octanol–water partition coefficient (Wildman–Crippen LogP) is 3.59. The van der Waals surface area contributed by atoms with Crippen LogP contribution < -0.4 is 10.1 Å². The second kappa shape index (κ2) is 8.57.